The van der Waals surface area contributed by atoms with Crippen molar-refractivity contribution in [2.24, 2.45) is 17.8 Å². The van der Waals surface area contributed by atoms with Gasteiger partial charge in [0, 0.05) is 6.08 Å². The summed E-state index contributed by atoms with van der Waals surface area (Å²) in [4.78, 5) is 11.1. The van der Waals surface area contributed by atoms with Crippen LogP contribution in [0.4, 0.5) is 0 Å². The van der Waals surface area contributed by atoms with Crippen molar-refractivity contribution in [1.29, 1.82) is 0 Å². The molecule has 2 nitrogen and oxygen atoms in total. The van der Waals surface area contributed by atoms with Crippen molar-refractivity contribution in [3.63, 3.8) is 0 Å². The Bertz CT molecular complexity index is 455. The highest BCUT2D eigenvalue weighted by molar-refractivity contribution is 5.82. The fourth-order valence-electron chi connectivity index (χ4n) is 2.72. The van der Waals surface area contributed by atoms with E-state index in [2.05, 4.69) is 52.8 Å². The minimum absolute atomic E-state index is 0.297. The van der Waals surface area contributed by atoms with Gasteiger partial charge in [-0.05, 0) is 44.4 Å². The van der Waals surface area contributed by atoms with Gasteiger partial charge >= 0.3 is 5.97 Å². The minimum atomic E-state index is -0.297. The third-order valence-electron chi connectivity index (χ3n) is 3.95. The molecule has 0 radical (unpaired) electrons. The summed E-state index contributed by atoms with van der Waals surface area (Å²) >= 11 is 0. The van der Waals surface area contributed by atoms with Crippen LogP contribution in [0.15, 0.2) is 48.1 Å². The Labute approximate surface area is 149 Å². The molecule has 0 saturated carbocycles. The Morgan fingerprint density at radius 3 is 2.29 bits per heavy atom. The second-order valence-corrected chi connectivity index (χ2v) is 6.80. The molecule has 0 aromatic rings. The third-order valence-corrected chi connectivity index (χ3v) is 3.95. The lowest BCUT2D eigenvalue weighted by atomic mass is 9.90. The summed E-state index contributed by atoms with van der Waals surface area (Å²) in [6.07, 6.45) is 17.2. The van der Waals surface area contributed by atoms with Gasteiger partial charge in [-0.3, -0.25) is 0 Å². The summed E-state index contributed by atoms with van der Waals surface area (Å²) in [5.74, 6) is 1.63. The maximum Gasteiger partial charge on any atom is 0.330 e. The van der Waals surface area contributed by atoms with E-state index >= 15 is 0 Å². The largest absolute Gasteiger partial charge is 0.463 e. The fourth-order valence-corrected chi connectivity index (χ4v) is 2.72. The lowest BCUT2D eigenvalue weighted by Gasteiger charge is -2.15. The topological polar surface area (TPSA) is 26.3 Å². The molecule has 0 unspecified atom stereocenters. The van der Waals surface area contributed by atoms with Crippen LogP contribution in [0.2, 0.25) is 0 Å². The van der Waals surface area contributed by atoms with Crippen LogP contribution < -0.4 is 0 Å². The SMILES string of the molecule is CCOC(=O)/C=C/C=C/C=C/[C@H](C)C[C@H](C)C/C(C)=C/[C@H](C)CC. The molecular weight excluding hydrogens is 296 g/mol. The summed E-state index contributed by atoms with van der Waals surface area (Å²) in [5.41, 5.74) is 1.51. The molecule has 0 saturated heterocycles. The number of hydrogen-bond acceptors (Lipinski definition) is 2. The van der Waals surface area contributed by atoms with E-state index in [4.69, 9.17) is 4.74 Å². The number of allylic oxidation sites excluding steroid dienone is 7. The molecule has 136 valence electrons. The first-order valence-corrected chi connectivity index (χ1v) is 9.24. The van der Waals surface area contributed by atoms with Crippen LogP contribution in [0.5, 0.6) is 0 Å². The monoisotopic (exact) mass is 332 g/mol. The highest BCUT2D eigenvalue weighted by Gasteiger charge is 2.07. The molecule has 0 heterocycles. The van der Waals surface area contributed by atoms with Crippen molar-refractivity contribution in [3.05, 3.63) is 48.1 Å². The number of hydrogen-bond donors (Lipinski definition) is 0. The molecule has 0 aliphatic carbocycles. The van der Waals surface area contributed by atoms with Gasteiger partial charge in [0.1, 0.15) is 0 Å². The summed E-state index contributed by atoms with van der Waals surface area (Å²) in [6, 6.07) is 0. The van der Waals surface area contributed by atoms with E-state index in [1.165, 1.54) is 30.9 Å². The molecule has 0 aromatic carbocycles. The summed E-state index contributed by atoms with van der Waals surface area (Å²) < 4.78 is 4.81. The van der Waals surface area contributed by atoms with E-state index in [1.807, 2.05) is 12.2 Å². The van der Waals surface area contributed by atoms with Gasteiger partial charge in [-0.1, -0.05) is 76.1 Å². The van der Waals surface area contributed by atoms with Crippen LogP contribution in [0.3, 0.4) is 0 Å². The Hall–Kier alpha value is -1.57. The first-order chi connectivity index (χ1) is 11.4. The zero-order valence-electron chi connectivity index (χ0n) is 16.4. The van der Waals surface area contributed by atoms with Crippen LogP contribution in [0.1, 0.15) is 60.8 Å². The Kier molecular flexibility index (Phi) is 12.9. The Balaban J connectivity index is 4.17. The molecule has 0 aliphatic heterocycles. The molecule has 0 fully saturated rings. The quantitative estimate of drug-likeness (QED) is 0.193. The normalized spacial score (nSPS) is 16.8. The van der Waals surface area contributed by atoms with Crippen LogP contribution in [0, 0.1) is 17.8 Å². The van der Waals surface area contributed by atoms with Crippen molar-refractivity contribution < 1.29 is 9.53 Å². The van der Waals surface area contributed by atoms with Gasteiger partial charge in [0.25, 0.3) is 0 Å². The first kappa shape index (κ1) is 22.4. The van der Waals surface area contributed by atoms with Gasteiger partial charge in [-0.15, -0.1) is 0 Å². The minimum Gasteiger partial charge on any atom is -0.463 e. The van der Waals surface area contributed by atoms with Crippen molar-refractivity contribution >= 4 is 5.97 Å². The third kappa shape index (κ3) is 12.9. The van der Waals surface area contributed by atoms with Crippen molar-refractivity contribution in [2.75, 3.05) is 6.61 Å². The van der Waals surface area contributed by atoms with E-state index in [9.17, 15) is 4.79 Å². The van der Waals surface area contributed by atoms with Gasteiger partial charge < -0.3 is 4.74 Å². The number of carbonyl (C=O) groups excluding carboxylic acids is 1. The molecule has 0 aromatic heterocycles. The number of rotatable bonds is 11. The molecule has 2 heteroatoms. The molecule has 0 bridgehead atoms. The Morgan fingerprint density at radius 2 is 1.67 bits per heavy atom. The van der Waals surface area contributed by atoms with E-state index in [0.29, 0.717) is 24.4 Å². The Morgan fingerprint density at radius 1 is 1.00 bits per heavy atom. The number of esters is 1. The average molecular weight is 333 g/mol. The number of carbonyl (C=O) groups is 1. The van der Waals surface area contributed by atoms with Crippen molar-refractivity contribution in [1.82, 2.24) is 0 Å². The predicted octanol–water partition coefficient (Wildman–Crippen LogP) is 6.26. The highest BCUT2D eigenvalue weighted by atomic mass is 16.5. The fraction of sp³-hybridized carbons (Fsp3) is 0.591. The molecule has 0 aliphatic rings. The molecule has 3 atom stereocenters. The lowest BCUT2D eigenvalue weighted by Crippen LogP contribution is -2.02. The zero-order valence-corrected chi connectivity index (χ0v) is 16.4. The van der Waals surface area contributed by atoms with Gasteiger partial charge in [0.15, 0.2) is 0 Å². The highest BCUT2D eigenvalue weighted by Crippen LogP contribution is 2.21. The average Bonchev–Trinajstić information content (AvgIpc) is 2.50. The van der Waals surface area contributed by atoms with E-state index in [0.717, 1.165) is 0 Å². The van der Waals surface area contributed by atoms with Crippen LogP contribution >= 0.6 is 0 Å². The zero-order chi connectivity index (χ0) is 18.4. The molecule has 24 heavy (non-hydrogen) atoms. The first-order valence-electron chi connectivity index (χ1n) is 9.24. The van der Waals surface area contributed by atoms with Crippen LogP contribution in [-0.4, -0.2) is 12.6 Å². The smallest absolute Gasteiger partial charge is 0.330 e. The van der Waals surface area contributed by atoms with Gasteiger partial charge in [-0.2, -0.15) is 0 Å². The van der Waals surface area contributed by atoms with Crippen molar-refractivity contribution in [3.8, 4) is 0 Å². The van der Waals surface area contributed by atoms with Crippen molar-refractivity contribution in [2.45, 2.75) is 60.8 Å². The summed E-state index contributed by atoms with van der Waals surface area (Å²) in [7, 11) is 0. The van der Waals surface area contributed by atoms with Gasteiger partial charge in [0.2, 0.25) is 0 Å². The lowest BCUT2D eigenvalue weighted by molar-refractivity contribution is -0.137. The predicted molar refractivity (Wildman–Crippen MR) is 105 cm³/mol. The molecule has 0 amide bonds. The summed E-state index contributed by atoms with van der Waals surface area (Å²) in [6.45, 7) is 13.6. The van der Waals surface area contributed by atoms with Crippen LogP contribution in [-0.2, 0) is 9.53 Å². The van der Waals surface area contributed by atoms with Gasteiger partial charge in [-0.25, -0.2) is 4.79 Å². The van der Waals surface area contributed by atoms with Crippen LogP contribution in [0.25, 0.3) is 0 Å². The standard InChI is InChI=1S/C22H36O2/c1-7-18(3)15-20(5)17-21(6)16-19(4)13-11-9-10-12-14-22(23)24-8-2/h9-15,18-19,21H,7-8,16-17H2,1-6H3/b10-9+,13-11+,14-12+,20-15+/t18-,19+,21+/m1/s1. The summed E-state index contributed by atoms with van der Waals surface area (Å²) in [5, 5.41) is 0. The maximum atomic E-state index is 11.1. The van der Waals surface area contributed by atoms with E-state index in [1.54, 1.807) is 13.0 Å². The van der Waals surface area contributed by atoms with E-state index in [-0.39, 0.29) is 5.97 Å². The maximum absolute atomic E-state index is 11.1. The van der Waals surface area contributed by atoms with E-state index < -0.39 is 0 Å². The molecule has 0 rings (SSSR count). The van der Waals surface area contributed by atoms with Gasteiger partial charge in [0.05, 0.1) is 6.61 Å². The molecule has 0 spiro atoms. The molecular formula is C22H36O2. The number of ether oxygens (including phenoxy) is 1. The molecule has 0 N–H and O–H groups in total. The second-order valence-electron chi connectivity index (χ2n) is 6.80. The second kappa shape index (κ2) is 13.8.